The van der Waals surface area contributed by atoms with Crippen molar-refractivity contribution in [2.75, 3.05) is 20.2 Å². The highest BCUT2D eigenvalue weighted by atomic mass is 16.5. The Morgan fingerprint density at radius 3 is 2.67 bits per heavy atom. The fourth-order valence-electron chi connectivity index (χ4n) is 3.42. The molecule has 1 aromatic carbocycles. The average molecular weight is 372 g/mol. The number of aromatic nitrogens is 4. The molecule has 1 saturated heterocycles. The zero-order chi connectivity index (χ0) is 19.4. The second kappa shape index (κ2) is 8.15. The SMILES string of the molecule is COc1cccc(CC(C(=O)N2CCC(C(N)=O)CC2)n2nnnc2C)c1. The van der Waals surface area contributed by atoms with Gasteiger partial charge in [0.25, 0.3) is 0 Å². The van der Waals surface area contributed by atoms with E-state index >= 15 is 0 Å². The number of carbonyl (C=O) groups is 2. The number of nitrogens with zero attached hydrogens (tertiary/aromatic N) is 5. The first-order chi connectivity index (χ1) is 13.0. The molecule has 2 N–H and O–H groups in total. The van der Waals surface area contributed by atoms with Crippen molar-refractivity contribution in [3.05, 3.63) is 35.7 Å². The minimum Gasteiger partial charge on any atom is -0.497 e. The van der Waals surface area contributed by atoms with Crippen LogP contribution in [-0.2, 0) is 16.0 Å². The topological polar surface area (TPSA) is 116 Å². The van der Waals surface area contributed by atoms with E-state index in [4.69, 9.17) is 10.5 Å². The summed E-state index contributed by atoms with van der Waals surface area (Å²) in [5.74, 6) is 0.779. The molecule has 2 heterocycles. The number of primary amides is 1. The summed E-state index contributed by atoms with van der Waals surface area (Å²) in [6.45, 7) is 2.77. The summed E-state index contributed by atoms with van der Waals surface area (Å²) in [5, 5.41) is 11.6. The van der Waals surface area contributed by atoms with Gasteiger partial charge >= 0.3 is 0 Å². The van der Waals surface area contributed by atoms with Gasteiger partial charge in [-0.3, -0.25) is 9.59 Å². The third-order valence-corrected chi connectivity index (χ3v) is 5.01. The Hall–Kier alpha value is -2.97. The van der Waals surface area contributed by atoms with Crippen molar-refractivity contribution in [3.8, 4) is 5.75 Å². The van der Waals surface area contributed by atoms with Crippen LogP contribution in [0.15, 0.2) is 24.3 Å². The van der Waals surface area contributed by atoms with Crippen LogP contribution in [-0.4, -0.2) is 57.1 Å². The highest BCUT2D eigenvalue weighted by Gasteiger charge is 2.32. The minimum atomic E-state index is -0.558. The first-order valence-corrected chi connectivity index (χ1v) is 8.95. The Labute approximate surface area is 157 Å². The number of tetrazole rings is 1. The lowest BCUT2D eigenvalue weighted by atomic mass is 9.95. The van der Waals surface area contributed by atoms with E-state index in [2.05, 4.69) is 15.5 Å². The first kappa shape index (κ1) is 18.8. The second-order valence-corrected chi connectivity index (χ2v) is 6.74. The van der Waals surface area contributed by atoms with Crippen molar-refractivity contribution >= 4 is 11.8 Å². The van der Waals surface area contributed by atoms with Crippen molar-refractivity contribution in [1.29, 1.82) is 0 Å². The number of likely N-dealkylation sites (tertiary alicyclic amines) is 1. The van der Waals surface area contributed by atoms with Gasteiger partial charge in [0, 0.05) is 25.4 Å². The van der Waals surface area contributed by atoms with Crippen LogP contribution in [0.2, 0.25) is 0 Å². The molecule has 0 spiro atoms. The number of rotatable bonds is 6. The lowest BCUT2D eigenvalue weighted by Crippen LogP contribution is -2.45. The van der Waals surface area contributed by atoms with Crippen LogP contribution in [0.5, 0.6) is 5.75 Å². The second-order valence-electron chi connectivity index (χ2n) is 6.74. The number of hydrogen-bond acceptors (Lipinski definition) is 6. The zero-order valence-electron chi connectivity index (χ0n) is 15.5. The Morgan fingerprint density at radius 1 is 1.33 bits per heavy atom. The van der Waals surface area contributed by atoms with Gasteiger partial charge in [-0.05, 0) is 47.9 Å². The summed E-state index contributed by atoms with van der Waals surface area (Å²) < 4.78 is 6.83. The van der Waals surface area contributed by atoms with Gasteiger partial charge < -0.3 is 15.4 Å². The quantitative estimate of drug-likeness (QED) is 0.789. The normalized spacial score (nSPS) is 16.1. The van der Waals surface area contributed by atoms with Crippen LogP contribution >= 0.6 is 0 Å². The van der Waals surface area contributed by atoms with E-state index in [-0.39, 0.29) is 17.7 Å². The molecule has 9 nitrogen and oxygen atoms in total. The molecular formula is C18H24N6O3. The van der Waals surface area contributed by atoms with Gasteiger partial charge in [0.2, 0.25) is 11.8 Å². The highest BCUT2D eigenvalue weighted by molar-refractivity contribution is 5.82. The first-order valence-electron chi connectivity index (χ1n) is 8.95. The Bertz CT molecular complexity index is 813. The Morgan fingerprint density at radius 2 is 2.07 bits per heavy atom. The van der Waals surface area contributed by atoms with Crippen LogP contribution in [0.4, 0.5) is 0 Å². The van der Waals surface area contributed by atoms with Crippen LogP contribution in [0.1, 0.15) is 30.3 Å². The Balaban J connectivity index is 1.81. The molecule has 0 radical (unpaired) electrons. The molecule has 1 aromatic heterocycles. The number of methoxy groups -OCH3 is 1. The summed E-state index contributed by atoms with van der Waals surface area (Å²) >= 11 is 0. The molecule has 1 aliphatic rings. The predicted octanol–water partition coefficient (Wildman–Crippen LogP) is 0.498. The van der Waals surface area contributed by atoms with Gasteiger partial charge in [0.1, 0.15) is 17.6 Å². The highest BCUT2D eigenvalue weighted by Crippen LogP contribution is 2.24. The summed E-state index contributed by atoms with van der Waals surface area (Å²) in [5.41, 5.74) is 6.34. The fraction of sp³-hybridized carbons (Fsp3) is 0.500. The molecule has 0 bridgehead atoms. The van der Waals surface area contributed by atoms with Crippen LogP contribution in [0, 0.1) is 12.8 Å². The van der Waals surface area contributed by atoms with Gasteiger partial charge in [0.05, 0.1) is 7.11 Å². The number of amides is 2. The number of nitrogens with two attached hydrogens (primary N) is 1. The minimum absolute atomic E-state index is 0.0591. The zero-order valence-corrected chi connectivity index (χ0v) is 15.5. The standard InChI is InChI=1S/C18H24N6O3/c1-12-20-21-22-24(12)16(11-13-4-3-5-15(10-13)27-2)18(26)23-8-6-14(7-9-23)17(19)25/h3-5,10,14,16H,6-9,11H2,1-2H3,(H2,19,25). The van der Waals surface area contributed by atoms with Crippen molar-refractivity contribution in [1.82, 2.24) is 25.1 Å². The number of piperidine rings is 1. The van der Waals surface area contributed by atoms with Gasteiger partial charge in [0.15, 0.2) is 0 Å². The maximum absolute atomic E-state index is 13.2. The molecule has 2 amide bonds. The molecule has 9 heteroatoms. The number of carbonyl (C=O) groups excluding carboxylic acids is 2. The molecule has 0 aliphatic carbocycles. The molecular weight excluding hydrogens is 348 g/mol. The number of hydrogen-bond donors (Lipinski definition) is 1. The van der Waals surface area contributed by atoms with E-state index in [1.807, 2.05) is 24.3 Å². The van der Waals surface area contributed by atoms with E-state index in [1.165, 1.54) is 0 Å². The van der Waals surface area contributed by atoms with Gasteiger partial charge in [-0.1, -0.05) is 12.1 Å². The number of benzene rings is 1. The summed E-state index contributed by atoms with van der Waals surface area (Å²) in [7, 11) is 1.61. The van der Waals surface area contributed by atoms with Gasteiger partial charge in [-0.15, -0.1) is 5.10 Å². The third kappa shape index (κ3) is 4.24. The largest absolute Gasteiger partial charge is 0.497 e. The van der Waals surface area contributed by atoms with Crippen LogP contribution in [0.25, 0.3) is 0 Å². The van der Waals surface area contributed by atoms with E-state index in [9.17, 15) is 9.59 Å². The summed E-state index contributed by atoms with van der Waals surface area (Å²) in [6, 6.07) is 7.04. The maximum Gasteiger partial charge on any atom is 0.247 e. The summed E-state index contributed by atoms with van der Waals surface area (Å²) in [4.78, 5) is 26.4. The molecule has 3 rings (SSSR count). The molecule has 27 heavy (non-hydrogen) atoms. The molecule has 1 fully saturated rings. The monoisotopic (exact) mass is 372 g/mol. The van der Waals surface area contributed by atoms with Crippen molar-refractivity contribution in [2.24, 2.45) is 11.7 Å². The lowest BCUT2D eigenvalue weighted by Gasteiger charge is -2.33. The number of ether oxygens (including phenoxy) is 1. The molecule has 1 unspecified atom stereocenters. The number of aryl methyl sites for hydroxylation is 1. The molecule has 1 aliphatic heterocycles. The van der Waals surface area contributed by atoms with E-state index < -0.39 is 6.04 Å². The molecule has 1 atom stereocenters. The fourth-order valence-corrected chi connectivity index (χ4v) is 3.42. The average Bonchev–Trinajstić information content (AvgIpc) is 3.11. The summed E-state index contributed by atoms with van der Waals surface area (Å²) in [6.07, 6.45) is 1.61. The van der Waals surface area contributed by atoms with E-state index in [0.29, 0.717) is 38.2 Å². The van der Waals surface area contributed by atoms with Crippen LogP contribution < -0.4 is 10.5 Å². The van der Waals surface area contributed by atoms with Crippen molar-refractivity contribution in [2.45, 2.75) is 32.2 Å². The lowest BCUT2D eigenvalue weighted by molar-refractivity contribution is -0.138. The predicted molar refractivity (Wildman–Crippen MR) is 96.8 cm³/mol. The molecule has 2 aromatic rings. The smallest absolute Gasteiger partial charge is 0.247 e. The van der Waals surface area contributed by atoms with Crippen molar-refractivity contribution < 1.29 is 14.3 Å². The molecule has 144 valence electrons. The van der Waals surface area contributed by atoms with E-state index in [0.717, 1.165) is 11.3 Å². The van der Waals surface area contributed by atoms with Gasteiger partial charge in [-0.2, -0.15) is 0 Å². The van der Waals surface area contributed by atoms with E-state index in [1.54, 1.807) is 23.6 Å². The Kier molecular flexibility index (Phi) is 5.68. The maximum atomic E-state index is 13.2. The van der Waals surface area contributed by atoms with Crippen LogP contribution in [0.3, 0.4) is 0 Å². The third-order valence-electron chi connectivity index (χ3n) is 5.01. The van der Waals surface area contributed by atoms with Crippen molar-refractivity contribution in [3.63, 3.8) is 0 Å². The molecule has 0 saturated carbocycles. The van der Waals surface area contributed by atoms with Gasteiger partial charge in [-0.25, -0.2) is 4.68 Å².